The summed E-state index contributed by atoms with van der Waals surface area (Å²) in [5, 5.41) is 11.5. The van der Waals surface area contributed by atoms with Crippen LogP contribution in [0.15, 0.2) is 12.5 Å². The normalized spacial score (nSPS) is 12.8. The van der Waals surface area contributed by atoms with Crippen molar-refractivity contribution < 1.29 is 19.4 Å². The van der Waals surface area contributed by atoms with Crippen LogP contribution >= 0.6 is 0 Å². The Hall–Kier alpha value is -2.05. The second-order valence-electron chi connectivity index (χ2n) is 5.44. The number of carbonyl (C=O) groups is 2. The van der Waals surface area contributed by atoms with Gasteiger partial charge in [-0.1, -0.05) is 0 Å². The molecule has 7 nitrogen and oxygen atoms in total. The molecule has 0 saturated carbocycles. The van der Waals surface area contributed by atoms with Crippen LogP contribution in [0.2, 0.25) is 0 Å². The van der Waals surface area contributed by atoms with E-state index >= 15 is 0 Å². The number of nitrogens with one attached hydrogen (secondary N) is 1. The first-order chi connectivity index (χ1) is 9.21. The minimum atomic E-state index is -1.12. The van der Waals surface area contributed by atoms with Crippen LogP contribution < -0.4 is 5.32 Å². The van der Waals surface area contributed by atoms with E-state index in [9.17, 15) is 9.59 Å². The summed E-state index contributed by atoms with van der Waals surface area (Å²) in [4.78, 5) is 26.9. The second-order valence-corrected chi connectivity index (χ2v) is 5.44. The van der Waals surface area contributed by atoms with Crippen LogP contribution in [-0.2, 0) is 22.5 Å². The average Bonchev–Trinajstić information content (AvgIpc) is 2.73. The third kappa shape index (κ3) is 5.29. The quantitative estimate of drug-likeness (QED) is 0.852. The van der Waals surface area contributed by atoms with E-state index in [4.69, 9.17) is 9.84 Å². The molecule has 1 heterocycles. The lowest BCUT2D eigenvalue weighted by molar-refractivity contribution is -0.139. The van der Waals surface area contributed by atoms with Crippen molar-refractivity contribution in [2.75, 3.05) is 0 Å². The first-order valence-corrected chi connectivity index (χ1v) is 6.44. The number of carboxylic acid groups (broad SMARTS) is 1. The van der Waals surface area contributed by atoms with Gasteiger partial charge in [-0.25, -0.2) is 14.6 Å². The summed E-state index contributed by atoms with van der Waals surface area (Å²) in [6.07, 6.45) is 2.75. The summed E-state index contributed by atoms with van der Waals surface area (Å²) in [5.41, 5.74) is -0.0629. The van der Waals surface area contributed by atoms with Gasteiger partial charge in [0.25, 0.3) is 0 Å². The molecule has 0 bridgehead atoms. The zero-order valence-corrected chi connectivity index (χ0v) is 12.2. The lowest BCUT2D eigenvalue weighted by atomic mass is 10.1. The van der Waals surface area contributed by atoms with Crippen molar-refractivity contribution in [3.8, 4) is 0 Å². The van der Waals surface area contributed by atoms with Gasteiger partial charge in [0.2, 0.25) is 0 Å². The minimum absolute atomic E-state index is 0.113. The van der Waals surface area contributed by atoms with E-state index in [1.807, 2.05) is 11.5 Å². The molecule has 1 atom stereocenters. The van der Waals surface area contributed by atoms with Crippen molar-refractivity contribution in [3.63, 3.8) is 0 Å². The van der Waals surface area contributed by atoms with Crippen LogP contribution in [0.25, 0.3) is 0 Å². The van der Waals surface area contributed by atoms with Crippen LogP contribution in [0.5, 0.6) is 0 Å². The summed E-state index contributed by atoms with van der Waals surface area (Å²) in [6.45, 7) is 7.85. The monoisotopic (exact) mass is 283 g/mol. The van der Waals surface area contributed by atoms with Crippen LogP contribution in [0.4, 0.5) is 4.79 Å². The third-order valence-electron chi connectivity index (χ3n) is 2.45. The fourth-order valence-electron chi connectivity index (χ4n) is 1.54. The molecule has 1 amide bonds. The number of carboxylic acids is 1. The number of hydrogen-bond acceptors (Lipinski definition) is 4. The molecule has 0 radical (unpaired) electrons. The molecular formula is C13H21N3O4. The molecule has 0 aliphatic rings. The largest absolute Gasteiger partial charge is 0.480 e. The Morgan fingerprint density at radius 3 is 2.60 bits per heavy atom. The molecule has 2 N–H and O–H groups in total. The number of nitrogens with zero attached hydrogens (tertiary/aromatic N) is 2. The van der Waals surface area contributed by atoms with Gasteiger partial charge in [0.1, 0.15) is 11.6 Å². The SMILES string of the molecule is CCn1cnc(C[C@H](NC(=O)OC(C)(C)C)C(=O)O)c1. The summed E-state index contributed by atoms with van der Waals surface area (Å²) in [7, 11) is 0. The van der Waals surface area contributed by atoms with Crippen LogP contribution in [0.1, 0.15) is 33.4 Å². The number of alkyl carbamates (subject to hydrolysis) is 1. The Bertz CT molecular complexity index is 476. The molecule has 0 saturated heterocycles. The molecule has 20 heavy (non-hydrogen) atoms. The Kier molecular flexibility index (Phi) is 5.12. The summed E-state index contributed by atoms with van der Waals surface area (Å²) < 4.78 is 6.88. The Morgan fingerprint density at radius 1 is 1.50 bits per heavy atom. The van der Waals surface area contributed by atoms with Crippen molar-refractivity contribution in [1.82, 2.24) is 14.9 Å². The topological polar surface area (TPSA) is 93.5 Å². The molecular weight excluding hydrogens is 262 g/mol. The summed E-state index contributed by atoms with van der Waals surface area (Å²) in [5.74, 6) is -1.12. The molecule has 112 valence electrons. The maximum absolute atomic E-state index is 11.6. The Morgan fingerprint density at radius 2 is 2.15 bits per heavy atom. The molecule has 0 aliphatic heterocycles. The number of aliphatic carboxylic acids is 1. The average molecular weight is 283 g/mol. The number of aromatic nitrogens is 2. The molecule has 1 aromatic rings. The van der Waals surface area contributed by atoms with E-state index in [0.717, 1.165) is 6.54 Å². The van der Waals surface area contributed by atoms with E-state index in [-0.39, 0.29) is 6.42 Å². The summed E-state index contributed by atoms with van der Waals surface area (Å²) >= 11 is 0. The zero-order valence-electron chi connectivity index (χ0n) is 12.2. The van der Waals surface area contributed by atoms with Crippen molar-refractivity contribution in [2.45, 2.75) is 52.3 Å². The first-order valence-electron chi connectivity index (χ1n) is 6.44. The maximum atomic E-state index is 11.6. The fourth-order valence-corrected chi connectivity index (χ4v) is 1.54. The fraction of sp³-hybridized carbons (Fsp3) is 0.615. The highest BCUT2D eigenvalue weighted by molar-refractivity contribution is 5.80. The van der Waals surface area contributed by atoms with Crippen molar-refractivity contribution in [3.05, 3.63) is 18.2 Å². The van der Waals surface area contributed by atoms with Gasteiger partial charge < -0.3 is 19.7 Å². The second kappa shape index (κ2) is 6.40. The smallest absolute Gasteiger partial charge is 0.408 e. The van der Waals surface area contributed by atoms with Crippen LogP contribution in [0.3, 0.4) is 0 Å². The number of imidazole rings is 1. The number of carbonyl (C=O) groups excluding carboxylic acids is 1. The van der Waals surface area contributed by atoms with Gasteiger partial charge in [-0.05, 0) is 27.7 Å². The van der Waals surface area contributed by atoms with Gasteiger partial charge in [0, 0.05) is 19.2 Å². The van der Waals surface area contributed by atoms with E-state index in [0.29, 0.717) is 5.69 Å². The molecule has 0 aromatic carbocycles. The van der Waals surface area contributed by atoms with Gasteiger partial charge in [-0.2, -0.15) is 0 Å². The molecule has 0 unspecified atom stereocenters. The highest BCUT2D eigenvalue weighted by Gasteiger charge is 2.24. The third-order valence-corrected chi connectivity index (χ3v) is 2.45. The van der Waals surface area contributed by atoms with Crippen molar-refractivity contribution >= 4 is 12.1 Å². The van der Waals surface area contributed by atoms with Gasteiger partial charge in [0.05, 0.1) is 12.0 Å². The van der Waals surface area contributed by atoms with Crippen molar-refractivity contribution in [1.29, 1.82) is 0 Å². The number of hydrogen-bond donors (Lipinski definition) is 2. The van der Waals surface area contributed by atoms with Crippen molar-refractivity contribution in [2.24, 2.45) is 0 Å². The Balaban J connectivity index is 2.65. The number of ether oxygens (including phenoxy) is 1. The zero-order chi connectivity index (χ0) is 15.3. The molecule has 7 heteroatoms. The highest BCUT2D eigenvalue weighted by Crippen LogP contribution is 2.08. The van der Waals surface area contributed by atoms with E-state index in [2.05, 4.69) is 10.3 Å². The van der Waals surface area contributed by atoms with Crippen LogP contribution in [0, 0.1) is 0 Å². The highest BCUT2D eigenvalue weighted by atomic mass is 16.6. The predicted molar refractivity (Wildman–Crippen MR) is 72.4 cm³/mol. The number of amides is 1. The maximum Gasteiger partial charge on any atom is 0.408 e. The van der Waals surface area contributed by atoms with Gasteiger partial charge in [0.15, 0.2) is 0 Å². The predicted octanol–water partition coefficient (Wildman–Crippen LogP) is 1.42. The number of rotatable bonds is 5. The molecule has 0 aliphatic carbocycles. The molecule has 0 fully saturated rings. The number of aryl methyl sites for hydroxylation is 1. The molecule has 1 aromatic heterocycles. The lowest BCUT2D eigenvalue weighted by Gasteiger charge is -2.21. The minimum Gasteiger partial charge on any atom is -0.480 e. The van der Waals surface area contributed by atoms with Gasteiger partial charge in [-0.15, -0.1) is 0 Å². The van der Waals surface area contributed by atoms with E-state index in [1.165, 1.54) is 0 Å². The summed E-state index contributed by atoms with van der Waals surface area (Å²) in [6, 6.07) is -1.06. The van der Waals surface area contributed by atoms with Gasteiger partial charge in [-0.3, -0.25) is 0 Å². The Labute approximate surface area is 118 Å². The van der Waals surface area contributed by atoms with Crippen LogP contribution in [-0.4, -0.2) is 38.4 Å². The standard InChI is InChI=1S/C13H21N3O4/c1-5-16-7-9(14-8-16)6-10(11(17)18)15-12(19)20-13(2,3)4/h7-8,10H,5-6H2,1-4H3,(H,15,19)(H,17,18)/t10-/m0/s1. The van der Waals surface area contributed by atoms with E-state index in [1.54, 1.807) is 33.3 Å². The van der Waals surface area contributed by atoms with E-state index < -0.39 is 23.7 Å². The van der Waals surface area contributed by atoms with Gasteiger partial charge >= 0.3 is 12.1 Å². The molecule has 1 rings (SSSR count). The lowest BCUT2D eigenvalue weighted by Crippen LogP contribution is -2.44. The first kappa shape index (κ1) is 16.0. The molecule has 0 spiro atoms.